The number of ether oxygens (including phenoxy) is 2. The van der Waals surface area contributed by atoms with Gasteiger partial charge in [0.2, 0.25) is 0 Å². The van der Waals surface area contributed by atoms with Gasteiger partial charge in [-0.2, -0.15) is 0 Å². The van der Waals surface area contributed by atoms with Gasteiger partial charge in [0.15, 0.2) is 0 Å². The fraction of sp³-hybridized carbons (Fsp3) is 0.609. The van der Waals surface area contributed by atoms with Crippen molar-refractivity contribution < 1.29 is 9.47 Å². The molecule has 0 radical (unpaired) electrons. The van der Waals surface area contributed by atoms with E-state index >= 15 is 0 Å². The summed E-state index contributed by atoms with van der Waals surface area (Å²) < 4.78 is 11.6. The van der Waals surface area contributed by atoms with Gasteiger partial charge in [0.05, 0.1) is 17.7 Å². The molecule has 0 saturated heterocycles. The molecule has 0 aliphatic carbocycles. The molecule has 156 valence electrons. The summed E-state index contributed by atoms with van der Waals surface area (Å²) in [5, 5.41) is 1.20. The summed E-state index contributed by atoms with van der Waals surface area (Å²) in [4.78, 5) is 9.12. The van der Waals surface area contributed by atoms with E-state index in [1.54, 1.807) is 7.11 Å². The summed E-state index contributed by atoms with van der Waals surface area (Å²) in [6.45, 7) is 6.95. The molecule has 0 saturated carbocycles. The quantitative estimate of drug-likeness (QED) is 0.518. The molecule has 1 aromatic carbocycles. The second kappa shape index (κ2) is 11.5. The molecule has 28 heavy (non-hydrogen) atoms. The van der Waals surface area contributed by atoms with Crippen molar-refractivity contribution in [1.29, 1.82) is 0 Å². The van der Waals surface area contributed by atoms with Crippen LogP contribution in [0.25, 0.3) is 10.9 Å². The molecule has 5 heteroatoms. The molecular weight excluding hydrogens is 350 g/mol. The average Bonchev–Trinajstić information content (AvgIpc) is 2.68. The predicted octanol–water partition coefficient (Wildman–Crippen LogP) is 3.82. The largest absolute Gasteiger partial charge is 0.382 e. The Labute approximate surface area is 170 Å². The molecule has 3 atom stereocenters. The molecule has 0 fully saturated rings. The molecule has 0 spiro atoms. The van der Waals surface area contributed by atoms with Gasteiger partial charge < -0.3 is 19.3 Å². The third-order valence-corrected chi connectivity index (χ3v) is 5.35. The van der Waals surface area contributed by atoms with Gasteiger partial charge in [-0.1, -0.05) is 18.2 Å². The maximum absolute atomic E-state index is 6.13. The Hall–Kier alpha value is -1.53. The van der Waals surface area contributed by atoms with E-state index in [2.05, 4.69) is 74.0 Å². The zero-order chi connectivity index (χ0) is 20.5. The van der Waals surface area contributed by atoms with Gasteiger partial charge in [0.1, 0.15) is 0 Å². The van der Waals surface area contributed by atoms with E-state index in [1.165, 1.54) is 10.9 Å². The molecule has 1 heterocycles. The van der Waals surface area contributed by atoms with Crippen molar-refractivity contribution in [3.63, 3.8) is 0 Å². The SMILES string of the molecule is COC(C)CC([C@H](C)OCCCN(C)Cc1cnc2ccccc2c1)N(C)C. The van der Waals surface area contributed by atoms with Gasteiger partial charge in [-0.3, -0.25) is 4.98 Å². The first-order valence-corrected chi connectivity index (χ1v) is 10.2. The van der Waals surface area contributed by atoms with Gasteiger partial charge in [-0.05, 0) is 65.5 Å². The van der Waals surface area contributed by atoms with E-state index in [-0.39, 0.29) is 12.2 Å². The van der Waals surface area contributed by atoms with Crippen molar-refractivity contribution in [1.82, 2.24) is 14.8 Å². The number of methoxy groups -OCH3 is 1. The average molecular weight is 388 g/mol. The first-order chi connectivity index (χ1) is 13.4. The minimum Gasteiger partial charge on any atom is -0.382 e. The molecule has 2 aromatic rings. The van der Waals surface area contributed by atoms with E-state index in [1.807, 2.05) is 12.3 Å². The second-order valence-electron chi connectivity index (χ2n) is 8.02. The van der Waals surface area contributed by atoms with Crippen LogP contribution in [0.2, 0.25) is 0 Å². The monoisotopic (exact) mass is 387 g/mol. The first kappa shape index (κ1) is 22.8. The highest BCUT2D eigenvalue weighted by molar-refractivity contribution is 5.78. The van der Waals surface area contributed by atoms with Crippen LogP contribution in [0.4, 0.5) is 0 Å². The summed E-state index contributed by atoms with van der Waals surface area (Å²) in [6.07, 6.45) is 4.39. The fourth-order valence-electron chi connectivity index (χ4n) is 3.57. The first-order valence-electron chi connectivity index (χ1n) is 10.2. The van der Waals surface area contributed by atoms with E-state index < -0.39 is 0 Å². The van der Waals surface area contributed by atoms with Crippen LogP contribution in [-0.4, -0.2) is 74.4 Å². The highest BCUT2D eigenvalue weighted by Gasteiger charge is 2.22. The van der Waals surface area contributed by atoms with E-state index in [4.69, 9.17) is 9.47 Å². The van der Waals surface area contributed by atoms with Gasteiger partial charge in [-0.25, -0.2) is 0 Å². The van der Waals surface area contributed by atoms with Crippen LogP contribution in [0.1, 0.15) is 32.3 Å². The Morgan fingerprint density at radius 3 is 2.57 bits per heavy atom. The molecule has 2 unspecified atom stereocenters. The number of pyridine rings is 1. The van der Waals surface area contributed by atoms with Gasteiger partial charge in [-0.15, -0.1) is 0 Å². The number of hydrogen-bond acceptors (Lipinski definition) is 5. The van der Waals surface area contributed by atoms with E-state index in [0.29, 0.717) is 6.04 Å². The van der Waals surface area contributed by atoms with Crippen molar-refractivity contribution in [3.05, 3.63) is 42.1 Å². The molecule has 0 N–H and O–H groups in total. The topological polar surface area (TPSA) is 37.8 Å². The zero-order valence-electron chi connectivity index (χ0n) is 18.4. The van der Waals surface area contributed by atoms with Gasteiger partial charge in [0.25, 0.3) is 0 Å². The molecule has 0 amide bonds. The lowest BCUT2D eigenvalue weighted by Gasteiger charge is -2.32. The third kappa shape index (κ3) is 7.13. The molecule has 5 nitrogen and oxygen atoms in total. The number of hydrogen-bond donors (Lipinski definition) is 0. The number of rotatable bonds is 12. The molecular formula is C23H37N3O2. The van der Waals surface area contributed by atoms with Crippen LogP contribution in [0, 0.1) is 0 Å². The number of para-hydroxylation sites is 1. The Morgan fingerprint density at radius 1 is 1.11 bits per heavy atom. The Morgan fingerprint density at radius 2 is 1.86 bits per heavy atom. The molecule has 0 aliphatic heterocycles. The zero-order valence-corrected chi connectivity index (χ0v) is 18.4. The summed E-state index contributed by atoms with van der Waals surface area (Å²) in [6, 6.07) is 10.8. The summed E-state index contributed by atoms with van der Waals surface area (Å²) in [7, 11) is 8.14. The standard InChI is InChI=1S/C23H37N3O2/c1-18(27-6)14-23(25(3)4)19(2)28-13-9-12-26(5)17-20-15-21-10-7-8-11-22(21)24-16-20/h7-8,10-11,15-16,18-19,23H,9,12-14,17H2,1-6H3/t18?,19-,23?/m0/s1. The van der Waals surface area contributed by atoms with E-state index in [0.717, 1.165) is 38.1 Å². The molecule has 0 aliphatic rings. The smallest absolute Gasteiger partial charge is 0.0702 e. The molecule has 0 bridgehead atoms. The summed E-state index contributed by atoms with van der Waals surface area (Å²) in [5.74, 6) is 0. The summed E-state index contributed by atoms with van der Waals surface area (Å²) >= 11 is 0. The van der Waals surface area contributed by atoms with Gasteiger partial charge in [0, 0.05) is 44.4 Å². The second-order valence-corrected chi connectivity index (χ2v) is 8.02. The van der Waals surface area contributed by atoms with E-state index in [9.17, 15) is 0 Å². The molecule has 1 aromatic heterocycles. The fourth-order valence-corrected chi connectivity index (χ4v) is 3.57. The predicted molar refractivity (Wildman–Crippen MR) is 117 cm³/mol. The minimum absolute atomic E-state index is 0.183. The Bertz CT molecular complexity index is 707. The lowest BCUT2D eigenvalue weighted by atomic mass is 10.0. The number of fused-ring (bicyclic) bond motifs is 1. The van der Waals surface area contributed by atoms with Crippen molar-refractivity contribution in [3.8, 4) is 0 Å². The van der Waals surface area contributed by atoms with Crippen molar-refractivity contribution in [2.45, 2.75) is 51.5 Å². The van der Waals surface area contributed by atoms with Crippen LogP contribution in [0.15, 0.2) is 36.5 Å². The van der Waals surface area contributed by atoms with Crippen molar-refractivity contribution in [2.75, 3.05) is 41.4 Å². The number of benzene rings is 1. The number of likely N-dealkylation sites (N-methyl/N-ethyl adjacent to an activating group) is 1. The Balaban J connectivity index is 1.74. The van der Waals surface area contributed by atoms with Gasteiger partial charge >= 0.3 is 0 Å². The van der Waals surface area contributed by atoms with Crippen LogP contribution in [0.3, 0.4) is 0 Å². The van der Waals surface area contributed by atoms with Crippen LogP contribution >= 0.6 is 0 Å². The lowest BCUT2D eigenvalue weighted by molar-refractivity contribution is -0.0148. The maximum Gasteiger partial charge on any atom is 0.0702 e. The lowest BCUT2D eigenvalue weighted by Crippen LogP contribution is -2.41. The van der Waals surface area contributed by atoms with Crippen LogP contribution < -0.4 is 0 Å². The highest BCUT2D eigenvalue weighted by atomic mass is 16.5. The van der Waals surface area contributed by atoms with Crippen LogP contribution in [0.5, 0.6) is 0 Å². The normalized spacial score (nSPS) is 15.3. The van der Waals surface area contributed by atoms with Crippen LogP contribution in [-0.2, 0) is 16.0 Å². The number of aromatic nitrogens is 1. The highest BCUT2D eigenvalue weighted by Crippen LogP contribution is 2.15. The maximum atomic E-state index is 6.13. The van der Waals surface area contributed by atoms with Crippen molar-refractivity contribution in [2.24, 2.45) is 0 Å². The minimum atomic E-state index is 0.183. The Kier molecular flexibility index (Phi) is 9.32. The molecule has 2 rings (SSSR count). The summed E-state index contributed by atoms with van der Waals surface area (Å²) in [5.41, 5.74) is 2.30. The number of nitrogens with zero attached hydrogens (tertiary/aromatic N) is 3. The van der Waals surface area contributed by atoms with Crippen molar-refractivity contribution >= 4 is 10.9 Å². The third-order valence-electron chi connectivity index (χ3n) is 5.35.